The van der Waals surface area contributed by atoms with Gasteiger partial charge in [-0.05, 0) is 156 Å². The summed E-state index contributed by atoms with van der Waals surface area (Å²) < 4.78 is 0. The van der Waals surface area contributed by atoms with E-state index in [2.05, 4.69) is 279 Å². The van der Waals surface area contributed by atoms with E-state index in [1.54, 1.807) is 0 Å². The van der Waals surface area contributed by atoms with Gasteiger partial charge in [-0.25, -0.2) is 0 Å². The minimum atomic E-state index is 1.17. The Bertz CT molecular complexity index is 3790. The summed E-state index contributed by atoms with van der Waals surface area (Å²) in [5, 5.41) is 14.8. The van der Waals surface area contributed by atoms with E-state index in [4.69, 9.17) is 0 Å². The van der Waals surface area contributed by atoms with Crippen LogP contribution in [0, 0.1) is 0 Å². The van der Waals surface area contributed by atoms with E-state index >= 15 is 0 Å². The van der Waals surface area contributed by atoms with Crippen LogP contribution in [0.15, 0.2) is 255 Å². The van der Waals surface area contributed by atoms with Gasteiger partial charge in [-0.3, -0.25) is 0 Å². The van der Waals surface area contributed by atoms with Crippen molar-refractivity contribution >= 4 is 88.9 Å². The van der Waals surface area contributed by atoms with E-state index in [0.29, 0.717) is 0 Å². The molecular weight excluding hydrogens is 841 g/mol. The number of benzene rings is 13. The molecule has 0 N–H and O–H groups in total. The molecule has 0 saturated heterocycles. The van der Waals surface area contributed by atoms with Crippen molar-refractivity contribution in [2.75, 3.05) is 0 Å². The van der Waals surface area contributed by atoms with E-state index < -0.39 is 0 Å². The highest BCUT2D eigenvalue weighted by Gasteiger charge is 2.23. The quantitative estimate of drug-likeness (QED) is 0.105. The van der Waals surface area contributed by atoms with Crippen LogP contribution in [0.4, 0.5) is 0 Å². The molecule has 0 spiro atoms. The Morgan fingerprint density at radius 1 is 0.171 bits per heavy atom. The Morgan fingerprint density at radius 3 is 0.786 bits per heavy atom. The third-order valence-corrected chi connectivity index (χ3v) is 14.2. The fourth-order valence-electron chi connectivity index (χ4n) is 10.8. The molecule has 0 unspecified atom stereocenters. The Kier molecular flexibility index (Phi) is 10.3. The molecule has 0 aliphatic carbocycles. The zero-order valence-electron chi connectivity index (χ0n) is 38.6. The lowest BCUT2D eigenvalue weighted by atomic mass is 9.80. The zero-order chi connectivity index (χ0) is 46.4. The van der Waals surface area contributed by atoms with Crippen molar-refractivity contribution in [3.05, 3.63) is 277 Å². The van der Waals surface area contributed by atoms with Crippen molar-refractivity contribution in [2.45, 2.75) is 0 Å². The van der Waals surface area contributed by atoms with Crippen molar-refractivity contribution < 1.29 is 0 Å². The van der Waals surface area contributed by atoms with Crippen molar-refractivity contribution in [3.63, 3.8) is 0 Å². The Hall–Kier alpha value is -9.10. The minimum absolute atomic E-state index is 1.17. The maximum Gasteiger partial charge on any atom is -0.00137 e. The predicted molar refractivity (Wildman–Crippen MR) is 304 cm³/mol. The van der Waals surface area contributed by atoms with Crippen LogP contribution < -0.4 is 0 Å². The van der Waals surface area contributed by atoms with E-state index in [1.165, 1.54) is 131 Å². The molecule has 70 heavy (non-hydrogen) atoms. The molecule has 13 rings (SSSR count). The topological polar surface area (TPSA) is 0 Å². The van der Waals surface area contributed by atoms with E-state index in [9.17, 15) is 0 Å². The predicted octanol–water partition coefficient (Wildman–Crippen LogP) is 19.6. The Balaban J connectivity index is 1.11. The highest BCUT2D eigenvalue weighted by molar-refractivity contribution is 6.31. The molecule has 0 aliphatic rings. The molecule has 0 amide bonds. The first-order valence-corrected chi connectivity index (χ1v) is 24.2. The largest absolute Gasteiger partial charge is 0.0622 e. The normalized spacial score (nSPS) is 11.9. The number of rotatable bonds is 8. The van der Waals surface area contributed by atoms with Gasteiger partial charge in [-0.15, -0.1) is 0 Å². The molecule has 0 heteroatoms. The van der Waals surface area contributed by atoms with Crippen LogP contribution in [0.1, 0.15) is 22.3 Å². The van der Waals surface area contributed by atoms with Crippen LogP contribution in [-0.4, -0.2) is 0 Å². The van der Waals surface area contributed by atoms with E-state index in [0.717, 1.165) is 0 Å². The summed E-state index contributed by atoms with van der Waals surface area (Å²) in [5.74, 6) is 0. The second-order valence-corrected chi connectivity index (χ2v) is 18.4. The number of fused-ring (bicyclic) bond motifs is 6. The maximum absolute atomic E-state index is 2.47. The number of hydrogen-bond donors (Lipinski definition) is 0. The summed E-state index contributed by atoms with van der Waals surface area (Å²) in [7, 11) is 0. The molecular formula is C70H46. The highest BCUT2D eigenvalue weighted by atomic mass is 14.3. The third-order valence-electron chi connectivity index (χ3n) is 14.2. The summed E-state index contributed by atoms with van der Waals surface area (Å²) in [6.07, 6.45) is 8.75. The van der Waals surface area contributed by atoms with Gasteiger partial charge in [0.2, 0.25) is 0 Å². The minimum Gasteiger partial charge on any atom is -0.0622 e. The molecule has 0 radical (unpaired) electrons. The fourth-order valence-corrected chi connectivity index (χ4v) is 10.8. The molecule has 0 saturated carbocycles. The van der Waals surface area contributed by atoms with E-state index in [1.807, 2.05) is 0 Å². The van der Waals surface area contributed by atoms with Gasteiger partial charge in [0.25, 0.3) is 0 Å². The summed E-state index contributed by atoms with van der Waals surface area (Å²) in [6.45, 7) is 0. The summed E-state index contributed by atoms with van der Waals surface area (Å²) in [5.41, 5.74) is 14.5. The van der Waals surface area contributed by atoms with Gasteiger partial charge < -0.3 is 0 Å². The van der Waals surface area contributed by atoms with Crippen molar-refractivity contribution in [1.29, 1.82) is 0 Å². The van der Waals surface area contributed by atoms with Gasteiger partial charge in [0.1, 0.15) is 0 Å². The Labute approximate surface area is 408 Å². The van der Waals surface area contributed by atoms with E-state index in [-0.39, 0.29) is 0 Å². The average molecular weight is 887 g/mol. The molecule has 0 bridgehead atoms. The first-order chi connectivity index (χ1) is 34.7. The lowest BCUT2D eigenvalue weighted by molar-refractivity contribution is 1.61. The summed E-state index contributed by atoms with van der Waals surface area (Å²) >= 11 is 0. The SMILES string of the molecule is C(=C\c1ccc(-c2ccc3c(-c4c5ccccc5cc5ccccc45)c4cc(-c5ccc(/C=C/c6ccccc6)cc5)ccc4c(-c4c5ccccc5cc5ccccc45)c3c2)cc1)/c1ccccc1. The molecule has 0 atom stereocenters. The van der Waals surface area contributed by atoms with Crippen molar-refractivity contribution in [2.24, 2.45) is 0 Å². The van der Waals surface area contributed by atoms with Crippen molar-refractivity contribution in [3.8, 4) is 44.5 Å². The molecule has 13 aromatic carbocycles. The van der Waals surface area contributed by atoms with Crippen molar-refractivity contribution in [1.82, 2.24) is 0 Å². The lowest BCUT2D eigenvalue weighted by Gasteiger charge is -2.23. The van der Waals surface area contributed by atoms with Gasteiger partial charge in [0.15, 0.2) is 0 Å². The molecule has 13 aromatic rings. The van der Waals surface area contributed by atoms with Crippen LogP contribution in [0.2, 0.25) is 0 Å². The van der Waals surface area contributed by atoms with Crippen LogP contribution in [-0.2, 0) is 0 Å². The van der Waals surface area contributed by atoms with Gasteiger partial charge >= 0.3 is 0 Å². The molecule has 0 aliphatic heterocycles. The summed E-state index contributed by atoms with van der Waals surface area (Å²) in [4.78, 5) is 0. The molecule has 0 aromatic heterocycles. The molecule has 0 fully saturated rings. The molecule has 0 heterocycles. The first-order valence-electron chi connectivity index (χ1n) is 24.2. The van der Waals surface area contributed by atoms with Crippen LogP contribution in [0.5, 0.6) is 0 Å². The second-order valence-electron chi connectivity index (χ2n) is 18.4. The van der Waals surface area contributed by atoms with Gasteiger partial charge in [-0.1, -0.05) is 255 Å². The average Bonchev–Trinajstić information content (AvgIpc) is 3.43. The second kappa shape index (κ2) is 17.5. The van der Waals surface area contributed by atoms with Gasteiger partial charge in [0, 0.05) is 0 Å². The zero-order valence-corrected chi connectivity index (χ0v) is 38.6. The highest BCUT2D eigenvalue weighted by Crippen LogP contribution is 2.51. The molecule has 326 valence electrons. The van der Waals surface area contributed by atoms with Crippen LogP contribution in [0.3, 0.4) is 0 Å². The van der Waals surface area contributed by atoms with Gasteiger partial charge in [-0.2, -0.15) is 0 Å². The van der Waals surface area contributed by atoms with Crippen LogP contribution in [0.25, 0.3) is 133 Å². The number of hydrogen-bond acceptors (Lipinski definition) is 0. The molecule has 0 nitrogen and oxygen atoms in total. The smallest absolute Gasteiger partial charge is 0.00137 e. The maximum atomic E-state index is 2.47. The fraction of sp³-hybridized carbons (Fsp3) is 0. The third kappa shape index (κ3) is 7.44. The van der Waals surface area contributed by atoms with Crippen LogP contribution >= 0.6 is 0 Å². The first kappa shape index (κ1) is 41.1. The Morgan fingerprint density at radius 2 is 0.443 bits per heavy atom. The standard InChI is InChI=1S/C70H46/c1-3-15-47(16-4-1)27-29-49-31-35-51(36-32-49)53-39-41-63-65(45-53)69(67-59-23-11-7-19-55(59)43-56-20-8-12-24-60(56)67)64-42-40-54(52-37-33-50(34-38-52)30-28-48-17-5-2-6-18-48)46-66(64)70(63)68-61-25-13-9-21-57(61)44-58-22-10-14-26-62(58)68/h1-46H/b29-27+,30-28+. The lowest BCUT2D eigenvalue weighted by Crippen LogP contribution is -1.95. The van der Waals surface area contributed by atoms with Gasteiger partial charge in [0.05, 0.1) is 0 Å². The monoisotopic (exact) mass is 886 g/mol. The summed E-state index contributed by atoms with van der Waals surface area (Å²) in [6, 6.07) is 93.9.